The van der Waals surface area contributed by atoms with Crippen LogP contribution < -0.4 is 5.32 Å². The Morgan fingerprint density at radius 3 is 2.89 bits per heavy atom. The molecule has 1 aromatic rings. The van der Waals surface area contributed by atoms with Crippen LogP contribution in [0.3, 0.4) is 0 Å². The maximum Gasteiger partial charge on any atom is 0.0717 e. The van der Waals surface area contributed by atoms with E-state index in [4.69, 9.17) is 21.1 Å². The molecule has 0 spiro atoms. The molecule has 0 radical (unpaired) electrons. The molecule has 1 aliphatic heterocycles. The van der Waals surface area contributed by atoms with E-state index in [-0.39, 0.29) is 0 Å². The van der Waals surface area contributed by atoms with Crippen molar-refractivity contribution in [2.24, 2.45) is 0 Å². The van der Waals surface area contributed by atoms with Crippen LogP contribution in [0.4, 0.5) is 0 Å². The van der Waals surface area contributed by atoms with Crippen LogP contribution in [0.15, 0.2) is 24.3 Å². The van der Waals surface area contributed by atoms with Gasteiger partial charge in [-0.2, -0.15) is 0 Å². The SMILES string of the molecule is Clc1ccc(COCCNCC2CCCO2)cc1. The number of benzene rings is 1. The van der Waals surface area contributed by atoms with Crippen LogP contribution in [0.1, 0.15) is 18.4 Å². The van der Waals surface area contributed by atoms with Gasteiger partial charge in [0, 0.05) is 24.7 Å². The van der Waals surface area contributed by atoms with E-state index in [1.807, 2.05) is 24.3 Å². The first kappa shape index (κ1) is 13.8. The third-order valence-corrected chi connectivity index (χ3v) is 3.25. The van der Waals surface area contributed by atoms with Crippen LogP contribution in [0, 0.1) is 0 Å². The topological polar surface area (TPSA) is 30.5 Å². The normalized spacial score (nSPS) is 19.3. The summed E-state index contributed by atoms with van der Waals surface area (Å²) in [5.41, 5.74) is 1.15. The molecule has 1 aromatic carbocycles. The molecule has 100 valence electrons. The molecule has 4 heteroatoms. The van der Waals surface area contributed by atoms with Gasteiger partial charge in [0.15, 0.2) is 0 Å². The Hall–Kier alpha value is -0.610. The summed E-state index contributed by atoms with van der Waals surface area (Å²) in [5.74, 6) is 0. The Morgan fingerprint density at radius 2 is 2.17 bits per heavy atom. The monoisotopic (exact) mass is 269 g/mol. The van der Waals surface area contributed by atoms with Crippen LogP contribution in [0.2, 0.25) is 5.02 Å². The van der Waals surface area contributed by atoms with Gasteiger partial charge in [-0.15, -0.1) is 0 Å². The number of ether oxygens (including phenoxy) is 2. The zero-order valence-corrected chi connectivity index (χ0v) is 11.3. The number of hydrogen-bond acceptors (Lipinski definition) is 3. The van der Waals surface area contributed by atoms with Crippen LogP contribution in [-0.4, -0.2) is 32.4 Å². The van der Waals surface area contributed by atoms with Crippen molar-refractivity contribution in [1.82, 2.24) is 5.32 Å². The second-order valence-corrected chi connectivity index (χ2v) is 4.95. The standard InChI is InChI=1S/C14H20ClNO2/c15-13-5-3-12(4-6-13)11-17-9-7-16-10-14-2-1-8-18-14/h3-6,14,16H,1-2,7-11H2. The van der Waals surface area contributed by atoms with Gasteiger partial charge >= 0.3 is 0 Å². The maximum absolute atomic E-state index is 5.81. The smallest absolute Gasteiger partial charge is 0.0717 e. The first-order valence-corrected chi connectivity index (χ1v) is 6.87. The van der Waals surface area contributed by atoms with E-state index in [9.17, 15) is 0 Å². The summed E-state index contributed by atoms with van der Waals surface area (Å²) in [6, 6.07) is 7.75. The Kier molecular flexibility index (Phi) is 5.94. The van der Waals surface area contributed by atoms with Crippen LogP contribution in [0.25, 0.3) is 0 Å². The fraction of sp³-hybridized carbons (Fsp3) is 0.571. The van der Waals surface area contributed by atoms with Crippen molar-refractivity contribution in [3.05, 3.63) is 34.9 Å². The van der Waals surface area contributed by atoms with Crippen molar-refractivity contribution in [2.45, 2.75) is 25.6 Å². The highest BCUT2D eigenvalue weighted by atomic mass is 35.5. The van der Waals surface area contributed by atoms with Crippen molar-refractivity contribution in [3.8, 4) is 0 Å². The van der Waals surface area contributed by atoms with Gasteiger partial charge in [-0.05, 0) is 30.5 Å². The molecule has 1 unspecified atom stereocenters. The molecule has 1 atom stereocenters. The average molecular weight is 270 g/mol. The van der Waals surface area contributed by atoms with Crippen molar-refractivity contribution in [3.63, 3.8) is 0 Å². The van der Waals surface area contributed by atoms with Gasteiger partial charge < -0.3 is 14.8 Å². The minimum atomic E-state index is 0.404. The van der Waals surface area contributed by atoms with Gasteiger partial charge in [-0.3, -0.25) is 0 Å². The van der Waals surface area contributed by atoms with E-state index in [2.05, 4.69) is 5.32 Å². The van der Waals surface area contributed by atoms with E-state index in [1.165, 1.54) is 12.8 Å². The summed E-state index contributed by atoms with van der Waals surface area (Å²) in [6.45, 7) is 4.07. The van der Waals surface area contributed by atoms with Crippen molar-refractivity contribution >= 4 is 11.6 Å². The summed E-state index contributed by atoms with van der Waals surface area (Å²) in [6.07, 6.45) is 2.78. The Balaban J connectivity index is 1.49. The second-order valence-electron chi connectivity index (χ2n) is 4.52. The van der Waals surface area contributed by atoms with Crippen molar-refractivity contribution < 1.29 is 9.47 Å². The van der Waals surface area contributed by atoms with Crippen LogP contribution in [-0.2, 0) is 16.1 Å². The summed E-state index contributed by atoms with van der Waals surface area (Å²) in [7, 11) is 0. The molecule has 1 heterocycles. The fourth-order valence-electron chi connectivity index (χ4n) is 1.98. The largest absolute Gasteiger partial charge is 0.377 e. The lowest BCUT2D eigenvalue weighted by Crippen LogP contribution is -2.29. The van der Waals surface area contributed by atoms with E-state index in [0.29, 0.717) is 12.7 Å². The van der Waals surface area contributed by atoms with Crippen molar-refractivity contribution in [1.29, 1.82) is 0 Å². The van der Waals surface area contributed by atoms with Gasteiger partial charge in [0.1, 0.15) is 0 Å². The zero-order chi connectivity index (χ0) is 12.6. The minimum absolute atomic E-state index is 0.404. The molecule has 18 heavy (non-hydrogen) atoms. The molecule has 3 nitrogen and oxygen atoms in total. The first-order chi connectivity index (χ1) is 8.84. The van der Waals surface area contributed by atoms with Crippen LogP contribution >= 0.6 is 11.6 Å². The minimum Gasteiger partial charge on any atom is -0.377 e. The van der Waals surface area contributed by atoms with Gasteiger partial charge in [-0.25, -0.2) is 0 Å². The average Bonchev–Trinajstić information content (AvgIpc) is 2.89. The van der Waals surface area contributed by atoms with E-state index in [0.717, 1.165) is 36.9 Å². The van der Waals surface area contributed by atoms with E-state index >= 15 is 0 Å². The zero-order valence-electron chi connectivity index (χ0n) is 10.5. The quantitative estimate of drug-likeness (QED) is 0.772. The maximum atomic E-state index is 5.81. The molecule has 0 saturated carbocycles. The summed E-state index contributed by atoms with van der Waals surface area (Å²) < 4.78 is 11.1. The predicted molar refractivity (Wildman–Crippen MR) is 73.0 cm³/mol. The van der Waals surface area contributed by atoms with E-state index < -0.39 is 0 Å². The molecule has 2 rings (SSSR count). The highest BCUT2D eigenvalue weighted by Crippen LogP contribution is 2.11. The van der Waals surface area contributed by atoms with Gasteiger partial charge in [0.25, 0.3) is 0 Å². The second kappa shape index (κ2) is 7.74. The van der Waals surface area contributed by atoms with Gasteiger partial charge in [0.05, 0.1) is 19.3 Å². The Bertz CT molecular complexity index is 336. The molecule has 0 amide bonds. The lowest BCUT2D eigenvalue weighted by molar-refractivity contribution is 0.0986. The molecule has 0 bridgehead atoms. The first-order valence-electron chi connectivity index (χ1n) is 6.49. The van der Waals surface area contributed by atoms with Crippen molar-refractivity contribution in [2.75, 3.05) is 26.3 Å². The lowest BCUT2D eigenvalue weighted by atomic mass is 10.2. The molecular weight excluding hydrogens is 250 g/mol. The van der Waals surface area contributed by atoms with Crippen LogP contribution in [0.5, 0.6) is 0 Å². The highest BCUT2D eigenvalue weighted by molar-refractivity contribution is 6.30. The molecule has 1 aliphatic rings. The number of nitrogens with one attached hydrogen (secondary N) is 1. The number of halogens is 1. The lowest BCUT2D eigenvalue weighted by Gasteiger charge is -2.10. The third-order valence-electron chi connectivity index (χ3n) is 3.00. The predicted octanol–water partition coefficient (Wildman–Crippen LogP) is 2.63. The summed E-state index contributed by atoms with van der Waals surface area (Å²) in [4.78, 5) is 0. The van der Waals surface area contributed by atoms with Gasteiger partial charge in [0.2, 0.25) is 0 Å². The molecule has 0 aliphatic carbocycles. The molecule has 1 saturated heterocycles. The number of hydrogen-bond donors (Lipinski definition) is 1. The highest BCUT2D eigenvalue weighted by Gasteiger charge is 2.13. The molecule has 1 fully saturated rings. The third kappa shape index (κ3) is 4.94. The molecule has 1 N–H and O–H groups in total. The molecule has 0 aromatic heterocycles. The Morgan fingerprint density at radius 1 is 1.33 bits per heavy atom. The number of rotatable bonds is 7. The van der Waals surface area contributed by atoms with Gasteiger partial charge in [-0.1, -0.05) is 23.7 Å². The Labute approximate surface area is 113 Å². The van der Waals surface area contributed by atoms with E-state index in [1.54, 1.807) is 0 Å². The molecular formula is C14H20ClNO2. The summed E-state index contributed by atoms with van der Waals surface area (Å²) >= 11 is 5.81. The fourth-order valence-corrected chi connectivity index (χ4v) is 2.11. The summed E-state index contributed by atoms with van der Waals surface area (Å²) in [5, 5.41) is 4.11.